The summed E-state index contributed by atoms with van der Waals surface area (Å²) in [5, 5.41) is 19.0. The molecular weight excluding hydrogens is 697 g/mol. The minimum Gasteiger partial charge on any atom is -0.496 e. The molecule has 0 spiro atoms. The van der Waals surface area contributed by atoms with Gasteiger partial charge in [-0.1, -0.05) is 48.5 Å². The molecule has 270 valence electrons. The second-order valence-electron chi connectivity index (χ2n) is 11.5. The summed E-state index contributed by atoms with van der Waals surface area (Å²) in [4.78, 5) is 52.1. The highest BCUT2D eigenvalue weighted by Gasteiger charge is 2.24. The number of carbonyl (C=O) groups excluding carboxylic acids is 3. The number of non-ortho nitro benzene ring substituents is 1. The molecule has 1 atom stereocenters. The molecule has 0 saturated carbocycles. The highest BCUT2D eigenvalue weighted by Crippen LogP contribution is 2.38. The number of thioether (sulfide) groups is 1. The number of aryl methyl sites for hydroxylation is 1. The minimum atomic E-state index is -0.676. The molecule has 0 heterocycles. The summed E-state index contributed by atoms with van der Waals surface area (Å²) in [6.45, 7) is 1.69. The normalized spacial score (nSPS) is 11.5. The number of amides is 3. The molecule has 5 aromatic carbocycles. The number of methoxy groups -OCH3 is 3. The van der Waals surface area contributed by atoms with Crippen LogP contribution in [0.4, 0.5) is 17.1 Å². The van der Waals surface area contributed by atoms with Crippen molar-refractivity contribution in [2.45, 2.75) is 17.1 Å². The van der Waals surface area contributed by atoms with Gasteiger partial charge in [-0.25, -0.2) is 0 Å². The largest absolute Gasteiger partial charge is 0.496 e. The Morgan fingerprint density at radius 1 is 0.755 bits per heavy atom. The molecule has 0 bridgehead atoms. The van der Waals surface area contributed by atoms with Crippen LogP contribution in [0.2, 0.25) is 0 Å². The van der Waals surface area contributed by atoms with Crippen LogP contribution in [0, 0.1) is 17.0 Å². The fraction of sp³-hybridized carbons (Fsp3) is 0.125. The molecule has 53 heavy (non-hydrogen) atoms. The Bertz CT molecular complexity index is 2140. The van der Waals surface area contributed by atoms with Crippen molar-refractivity contribution in [3.8, 4) is 17.2 Å². The molecule has 0 fully saturated rings. The molecule has 0 saturated heterocycles. The fourth-order valence-corrected chi connectivity index (χ4v) is 6.24. The Balaban J connectivity index is 1.38. The van der Waals surface area contributed by atoms with E-state index in [1.807, 2.05) is 30.3 Å². The lowest BCUT2D eigenvalue weighted by Crippen LogP contribution is -2.30. The van der Waals surface area contributed by atoms with Crippen molar-refractivity contribution in [1.82, 2.24) is 5.32 Å². The number of nitro benzene ring substituents is 1. The number of anilines is 2. The van der Waals surface area contributed by atoms with Crippen LogP contribution in [-0.2, 0) is 9.59 Å². The van der Waals surface area contributed by atoms with Gasteiger partial charge in [0.2, 0.25) is 5.91 Å². The second-order valence-corrected chi connectivity index (χ2v) is 12.6. The molecule has 0 aliphatic rings. The van der Waals surface area contributed by atoms with Crippen LogP contribution in [0.1, 0.15) is 32.3 Å². The highest BCUT2D eigenvalue weighted by atomic mass is 32.2. The number of carbonyl (C=O) groups is 3. The first-order valence-electron chi connectivity index (χ1n) is 16.2. The molecule has 5 aromatic rings. The number of ether oxygens (including phenoxy) is 3. The zero-order valence-corrected chi connectivity index (χ0v) is 30.1. The minimum absolute atomic E-state index is 0.0647. The van der Waals surface area contributed by atoms with E-state index in [4.69, 9.17) is 14.2 Å². The van der Waals surface area contributed by atoms with Crippen LogP contribution < -0.4 is 30.2 Å². The third kappa shape index (κ3) is 9.60. The number of nitrogens with zero attached hydrogens (tertiary/aromatic N) is 1. The van der Waals surface area contributed by atoms with Crippen LogP contribution in [0.25, 0.3) is 6.08 Å². The van der Waals surface area contributed by atoms with Gasteiger partial charge in [0.05, 0.1) is 26.3 Å². The Hall–Kier alpha value is -6.60. The van der Waals surface area contributed by atoms with Crippen LogP contribution >= 0.6 is 11.8 Å². The van der Waals surface area contributed by atoms with E-state index in [0.29, 0.717) is 45.3 Å². The molecule has 13 heteroatoms. The summed E-state index contributed by atoms with van der Waals surface area (Å²) in [5.41, 5.74) is 2.88. The summed E-state index contributed by atoms with van der Waals surface area (Å²) in [7, 11) is 4.46. The topological polar surface area (TPSA) is 158 Å². The van der Waals surface area contributed by atoms with E-state index in [1.165, 1.54) is 57.4 Å². The van der Waals surface area contributed by atoms with Gasteiger partial charge in [-0.2, -0.15) is 0 Å². The molecule has 5 rings (SSSR count). The first kappa shape index (κ1) is 37.7. The zero-order valence-electron chi connectivity index (χ0n) is 29.2. The summed E-state index contributed by atoms with van der Waals surface area (Å²) in [6, 6.07) is 32.1. The van der Waals surface area contributed by atoms with Crippen molar-refractivity contribution >= 4 is 52.6 Å². The molecule has 3 amide bonds. The van der Waals surface area contributed by atoms with Gasteiger partial charge < -0.3 is 30.2 Å². The lowest BCUT2D eigenvalue weighted by molar-refractivity contribution is -0.384. The van der Waals surface area contributed by atoms with E-state index in [-0.39, 0.29) is 17.3 Å². The van der Waals surface area contributed by atoms with E-state index in [1.54, 1.807) is 73.7 Å². The molecule has 0 aromatic heterocycles. The van der Waals surface area contributed by atoms with Crippen molar-refractivity contribution in [2.75, 3.05) is 32.0 Å². The maximum atomic E-state index is 13.8. The van der Waals surface area contributed by atoms with E-state index < -0.39 is 22.0 Å². The monoisotopic (exact) mass is 732 g/mol. The maximum absolute atomic E-state index is 13.8. The lowest BCUT2D eigenvalue weighted by Gasteiger charge is -2.18. The number of hydrogen-bond donors (Lipinski definition) is 3. The molecule has 3 N–H and O–H groups in total. The number of benzene rings is 5. The Morgan fingerprint density at radius 2 is 1.38 bits per heavy atom. The second kappa shape index (κ2) is 17.6. The SMILES string of the molecule is COc1cc(OC)c(OC)cc1/C=C(\NC(=O)c1ccccc1)C(=O)Nc1ccc(SC(C(=O)Nc2ccc([N+](=O)[O-])cc2C)c2ccccc2)cc1. The van der Waals surface area contributed by atoms with Crippen LogP contribution in [0.3, 0.4) is 0 Å². The third-order valence-electron chi connectivity index (χ3n) is 7.95. The predicted octanol–water partition coefficient (Wildman–Crippen LogP) is 7.81. The van der Waals surface area contributed by atoms with Gasteiger partial charge in [-0.05, 0) is 72.7 Å². The van der Waals surface area contributed by atoms with Gasteiger partial charge in [-0.3, -0.25) is 24.5 Å². The third-order valence-corrected chi connectivity index (χ3v) is 9.22. The Morgan fingerprint density at radius 3 is 1.98 bits per heavy atom. The molecule has 0 radical (unpaired) electrons. The molecular formula is C40H36N4O8S. The van der Waals surface area contributed by atoms with Crippen molar-refractivity contribution in [1.29, 1.82) is 0 Å². The number of rotatable bonds is 14. The average molecular weight is 733 g/mol. The first-order valence-corrected chi connectivity index (χ1v) is 17.0. The quantitative estimate of drug-likeness (QED) is 0.0448. The zero-order chi connectivity index (χ0) is 37.9. The molecule has 0 aliphatic carbocycles. The summed E-state index contributed by atoms with van der Waals surface area (Å²) in [6.07, 6.45) is 1.48. The Labute approximate surface area is 310 Å². The van der Waals surface area contributed by atoms with E-state index in [9.17, 15) is 24.5 Å². The fourth-order valence-electron chi connectivity index (χ4n) is 5.22. The number of hydrogen-bond acceptors (Lipinski definition) is 9. The van der Waals surface area contributed by atoms with Crippen molar-refractivity contribution in [2.24, 2.45) is 0 Å². The predicted molar refractivity (Wildman–Crippen MR) is 205 cm³/mol. The summed E-state index contributed by atoms with van der Waals surface area (Å²) < 4.78 is 16.4. The van der Waals surface area contributed by atoms with Gasteiger partial charge in [-0.15, -0.1) is 11.8 Å². The standard InChI is InChI=1S/C40H36N4O8S/c1-25-21-30(44(48)49)17-20-32(25)42-40(47)37(26-11-7-5-8-12-26)53-31-18-15-29(16-19-31)41-39(46)33(43-38(45)27-13-9-6-10-14-27)22-28-23-35(51-3)36(52-4)24-34(28)50-2/h5-24,37H,1-4H3,(H,41,46)(H,42,47)(H,43,45)/b33-22-. The first-order chi connectivity index (χ1) is 25.6. The molecule has 12 nitrogen and oxygen atoms in total. The highest BCUT2D eigenvalue weighted by molar-refractivity contribution is 8.00. The molecule has 1 unspecified atom stereocenters. The van der Waals surface area contributed by atoms with Crippen molar-refractivity contribution in [3.63, 3.8) is 0 Å². The number of nitrogens with one attached hydrogen (secondary N) is 3. The van der Waals surface area contributed by atoms with Crippen molar-refractivity contribution < 1.29 is 33.5 Å². The van der Waals surface area contributed by atoms with Crippen LogP contribution in [-0.4, -0.2) is 44.0 Å². The summed E-state index contributed by atoms with van der Waals surface area (Å²) in [5.74, 6) is -0.215. The Kier molecular flexibility index (Phi) is 12.5. The van der Waals surface area contributed by atoms with Gasteiger partial charge in [0.25, 0.3) is 17.5 Å². The van der Waals surface area contributed by atoms with E-state index in [0.717, 1.165) is 10.5 Å². The van der Waals surface area contributed by atoms with Gasteiger partial charge in [0.15, 0.2) is 11.5 Å². The summed E-state index contributed by atoms with van der Waals surface area (Å²) >= 11 is 1.30. The van der Waals surface area contributed by atoms with E-state index >= 15 is 0 Å². The van der Waals surface area contributed by atoms with Crippen LogP contribution in [0.15, 0.2) is 126 Å². The maximum Gasteiger partial charge on any atom is 0.272 e. The smallest absolute Gasteiger partial charge is 0.272 e. The van der Waals surface area contributed by atoms with Gasteiger partial charge in [0.1, 0.15) is 16.7 Å². The van der Waals surface area contributed by atoms with Crippen molar-refractivity contribution in [3.05, 3.63) is 153 Å². The van der Waals surface area contributed by atoms with E-state index in [2.05, 4.69) is 16.0 Å². The number of nitro groups is 1. The average Bonchev–Trinajstić information content (AvgIpc) is 3.18. The van der Waals surface area contributed by atoms with Gasteiger partial charge >= 0.3 is 0 Å². The molecule has 0 aliphatic heterocycles. The van der Waals surface area contributed by atoms with Crippen LogP contribution in [0.5, 0.6) is 17.2 Å². The lowest BCUT2D eigenvalue weighted by atomic mass is 10.1. The van der Waals surface area contributed by atoms with Gasteiger partial charge in [0, 0.05) is 45.6 Å².